The minimum Gasteiger partial charge on any atom is -0.462 e. The van der Waals surface area contributed by atoms with E-state index in [2.05, 4.69) is 9.17 Å². The molecule has 192 valence electrons. The Labute approximate surface area is 200 Å². The molecule has 12 heteroatoms. The summed E-state index contributed by atoms with van der Waals surface area (Å²) >= 11 is 0. The first-order chi connectivity index (χ1) is 16.5. The van der Waals surface area contributed by atoms with Gasteiger partial charge in [-0.2, -0.15) is 21.6 Å². The average Bonchev–Trinajstić information content (AvgIpc) is 3.35. The average molecular weight is 518 g/mol. The molecule has 0 bridgehead atoms. The van der Waals surface area contributed by atoms with E-state index in [4.69, 9.17) is 14.2 Å². The summed E-state index contributed by atoms with van der Waals surface area (Å²) in [6.45, 7) is 3.05. The number of carbonyl (C=O) groups is 1. The van der Waals surface area contributed by atoms with Crippen LogP contribution in [-0.2, 0) is 29.1 Å². The number of hydrogen-bond acceptors (Lipinski definition) is 8. The second-order valence-corrected chi connectivity index (χ2v) is 11.2. The van der Waals surface area contributed by atoms with E-state index in [0.717, 1.165) is 37.9 Å². The molecule has 6 atom stereocenters. The van der Waals surface area contributed by atoms with Gasteiger partial charge in [-0.3, -0.25) is 9.78 Å². The van der Waals surface area contributed by atoms with E-state index in [-0.39, 0.29) is 35.7 Å². The lowest BCUT2D eigenvalue weighted by Crippen LogP contribution is -2.49. The number of hydrogen-bond donors (Lipinski definition) is 0. The zero-order valence-corrected chi connectivity index (χ0v) is 19.8. The molecule has 0 radical (unpaired) electrons. The van der Waals surface area contributed by atoms with Crippen LogP contribution in [0.4, 0.5) is 13.2 Å². The standard InChI is InChI=1S/C23H26F3NO7S/c1-13-20-18(5-3-15-2-4-16(12-27-15)34-35(29,30)23(24,25)26)17-6-7-22(31-8-9-32-22)11-14(17)10-19(20)21(28)33-13/h2-5,12-14,17-20H,6-11H2,1H3/b5-3+/t13-,14-,17-,18+,19-,20+/m1/s1. The number of pyridine rings is 1. The molecule has 8 nitrogen and oxygen atoms in total. The third-order valence-corrected chi connectivity index (χ3v) is 8.67. The fourth-order valence-corrected chi connectivity index (χ4v) is 6.72. The predicted octanol–water partition coefficient (Wildman–Crippen LogP) is 3.68. The molecule has 0 N–H and O–H groups in total. The van der Waals surface area contributed by atoms with Crippen LogP contribution in [0.2, 0.25) is 0 Å². The fraction of sp³-hybridized carbons (Fsp3) is 0.652. The van der Waals surface area contributed by atoms with Crippen LogP contribution in [-0.4, -0.2) is 50.0 Å². The fourth-order valence-electron chi connectivity index (χ4n) is 6.27. The largest absolute Gasteiger partial charge is 0.534 e. The lowest BCUT2D eigenvalue weighted by atomic mass is 9.56. The Morgan fingerprint density at radius 3 is 2.63 bits per heavy atom. The lowest BCUT2D eigenvalue weighted by Gasteiger charge is -2.49. The number of cyclic esters (lactones) is 1. The highest BCUT2D eigenvalue weighted by Gasteiger charge is 2.57. The van der Waals surface area contributed by atoms with E-state index in [1.54, 1.807) is 6.08 Å². The Balaban J connectivity index is 1.35. The molecule has 3 heterocycles. The molecular formula is C23H26F3NO7S. The van der Waals surface area contributed by atoms with Crippen molar-refractivity contribution in [1.82, 2.24) is 4.98 Å². The van der Waals surface area contributed by atoms with Crippen molar-refractivity contribution >= 4 is 22.2 Å². The molecule has 1 aromatic heterocycles. The van der Waals surface area contributed by atoms with Gasteiger partial charge in [0.2, 0.25) is 0 Å². The molecule has 0 amide bonds. The molecular weight excluding hydrogens is 491 g/mol. The summed E-state index contributed by atoms with van der Waals surface area (Å²) < 4.78 is 81.5. The first kappa shape index (κ1) is 24.5. The van der Waals surface area contributed by atoms with Gasteiger partial charge >= 0.3 is 21.6 Å². The van der Waals surface area contributed by atoms with Crippen molar-refractivity contribution in [2.45, 2.75) is 50.0 Å². The number of esters is 1. The Morgan fingerprint density at radius 1 is 1.23 bits per heavy atom. The lowest BCUT2D eigenvalue weighted by molar-refractivity contribution is -0.204. The molecule has 5 rings (SSSR count). The second kappa shape index (κ2) is 8.74. The topological polar surface area (TPSA) is 101 Å². The van der Waals surface area contributed by atoms with Crippen molar-refractivity contribution in [1.29, 1.82) is 0 Å². The van der Waals surface area contributed by atoms with Crippen molar-refractivity contribution in [3.8, 4) is 5.75 Å². The molecule has 1 spiro atoms. The van der Waals surface area contributed by atoms with Crippen LogP contribution in [0.1, 0.15) is 38.3 Å². The third kappa shape index (κ3) is 4.55. The van der Waals surface area contributed by atoms with Gasteiger partial charge in [-0.1, -0.05) is 6.08 Å². The van der Waals surface area contributed by atoms with Gasteiger partial charge in [0.25, 0.3) is 0 Å². The highest BCUT2D eigenvalue weighted by molar-refractivity contribution is 7.88. The monoisotopic (exact) mass is 517 g/mol. The van der Waals surface area contributed by atoms with Gasteiger partial charge < -0.3 is 18.4 Å². The van der Waals surface area contributed by atoms with Crippen molar-refractivity contribution < 1.29 is 44.8 Å². The van der Waals surface area contributed by atoms with Crippen LogP contribution in [0.25, 0.3) is 6.08 Å². The van der Waals surface area contributed by atoms with Gasteiger partial charge in [-0.05, 0) is 55.7 Å². The van der Waals surface area contributed by atoms with Crippen LogP contribution in [0.3, 0.4) is 0 Å². The summed E-state index contributed by atoms with van der Waals surface area (Å²) in [5, 5.41) is 0. The number of fused-ring (bicyclic) bond motifs is 2. The minimum atomic E-state index is -5.76. The van der Waals surface area contributed by atoms with Gasteiger partial charge in [0.15, 0.2) is 11.5 Å². The summed E-state index contributed by atoms with van der Waals surface area (Å²) in [5.74, 6) is -0.929. The Kier molecular flexibility index (Phi) is 6.12. The SMILES string of the molecule is C[C@H]1OC(=O)[C@@H]2C[C@@H]3CC4(CC[C@H]3[C@H](/C=C/c3ccc(OS(=O)(=O)C(F)(F)F)cn3)[C@H]12)OCCO4. The Hall–Kier alpha value is -2.18. The maximum atomic E-state index is 12.6. The molecule has 2 saturated heterocycles. The number of aromatic nitrogens is 1. The molecule has 0 aromatic carbocycles. The number of halogens is 3. The summed E-state index contributed by atoms with van der Waals surface area (Å²) in [4.78, 5) is 16.6. The predicted molar refractivity (Wildman–Crippen MR) is 115 cm³/mol. The van der Waals surface area contributed by atoms with Gasteiger partial charge in [-0.15, -0.1) is 0 Å². The van der Waals surface area contributed by atoms with Gasteiger partial charge in [0, 0.05) is 18.8 Å². The van der Waals surface area contributed by atoms with Gasteiger partial charge in [-0.25, -0.2) is 0 Å². The summed E-state index contributed by atoms with van der Waals surface area (Å²) in [6.07, 6.45) is 7.55. The zero-order chi connectivity index (χ0) is 25.0. The van der Waals surface area contributed by atoms with E-state index in [1.165, 1.54) is 6.07 Å². The number of ether oxygens (including phenoxy) is 3. The maximum absolute atomic E-state index is 12.6. The highest BCUT2D eigenvalue weighted by atomic mass is 32.2. The van der Waals surface area contributed by atoms with Crippen LogP contribution in [0.5, 0.6) is 5.75 Å². The van der Waals surface area contributed by atoms with Crippen molar-refractivity contribution in [3.05, 3.63) is 30.1 Å². The van der Waals surface area contributed by atoms with Crippen LogP contribution >= 0.6 is 0 Å². The number of rotatable bonds is 4. The first-order valence-electron chi connectivity index (χ1n) is 11.6. The zero-order valence-electron chi connectivity index (χ0n) is 18.9. The Morgan fingerprint density at radius 2 is 1.97 bits per heavy atom. The highest BCUT2D eigenvalue weighted by Crippen LogP contribution is 2.56. The van der Waals surface area contributed by atoms with E-state index in [0.29, 0.717) is 24.8 Å². The summed E-state index contributed by atoms with van der Waals surface area (Å²) in [7, 11) is -5.76. The number of carbonyl (C=O) groups excluding carboxylic acids is 1. The van der Waals surface area contributed by atoms with E-state index in [9.17, 15) is 26.4 Å². The van der Waals surface area contributed by atoms with Crippen molar-refractivity contribution in [3.63, 3.8) is 0 Å². The van der Waals surface area contributed by atoms with E-state index >= 15 is 0 Å². The van der Waals surface area contributed by atoms with Crippen LogP contribution < -0.4 is 4.18 Å². The van der Waals surface area contributed by atoms with Crippen molar-refractivity contribution in [2.24, 2.45) is 29.6 Å². The first-order valence-corrected chi connectivity index (χ1v) is 13.0. The van der Waals surface area contributed by atoms with Gasteiger partial charge in [0.05, 0.1) is 31.0 Å². The quantitative estimate of drug-likeness (QED) is 0.339. The maximum Gasteiger partial charge on any atom is 0.534 e. The molecule has 0 unspecified atom stereocenters. The third-order valence-electron chi connectivity index (χ3n) is 7.70. The molecule has 2 aliphatic carbocycles. The van der Waals surface area contributed by atoms with E-state index < -0.39 is 27.2 Å². The molecule has 4 aliphatic rings. The molecule has 35 heavy (non-hydrogen) atoms. The van der Waals surface area contributed by atoms with Gasteiger partial charge in [0.1, 0.15) is 6.10 Å². The van der Waals surface area contributed by atoms with Crippen LogP contribution in [0, 0.1) is 29.6 Å². The van der Waals surface area contributed by atoms with Crippen molar-refractivity contribution in [2.75, 3.05) is 13.2 Å². The molecule has 2 aliphatic heterocycles. The number of alkyl halides is 3. The van der Waals surface area contributed by atoms with Crippen LogP contribution in [0.15, 0.2) is 24.4 Å². The summed E-state index contributed by atoms with van der Waals surface area (Å²) in [5.41, 5.74) is -5.10. The molecule has 4 fully saturated rings. The van der Waals surface area contributed by atoms with E-state index in [1.807, 2.05) is 13.0 Å². The molecule has 2 saturated carbocycles. The molecule has 1 aromatic rings. The smallest absolute Gasteiger partial charge is 0.462 e. The summed E-state index contributed by atoms with van der Waals surface area (Å²) in [6, 6.07) is 2.50. The second-order valence-electron chi connectivity index (χ2n) is 9.67. The number of nitrogens with zero attached hydrogens (tertiary/aromatic N) is 1. The Bertz CT molecular complexity index is 1100. The normalized spacial score (nSPS) is 34.6. The number of allylic oxidation sites excluding steroid dienone is 1. The minimum absolute atomic E-state index is 0.0130.